The van der Waals surface area contributed by atoms with Crippen LogP contribution in [0.5, 0.6) is 0 Å². The van der Waals surface area contributed by atoms with Crippen LogP contribution in [0.1, 0.15) is 32.3 Å². The summed E-state index contributed by atoms with van der Waals surface area (Å²) in [5.41, 5.74) is 1.25. The van der Waals surface area contributed by atoms with Crippen molar-refractivity contribution >= 4 is 18.7 Å². The Balaban J connectivity index is 2.07. The van der Waals surface area contributed by atoms with Gasteiger partial charge in [-0.1, -0.05) is 118 Å². The van der Waals surface area contributed by atoms with Gasteiger partial charge in [-0.25, -0.2) is 0 Å². The predicted octanol–water partition coefficient (Wildman–Crippen LogP) is 5.53. The SMILES string of the molecule is C=C[C@H](CO[Si](c1ccccc1)(c1ccccc1)C(C)(C)C)c1ccccc1. The van der Waals surface area contributed by atoms with Crippen molar-refractivity contribution in [2.75, 3.05) is 6.61 Å². The van der Waals surface area contributed by atoms with Crippen molar-refractivity contribution < 1.29 is 4.43 Å². The van der Waals surface area contributed by atoms with Crippen LogP contribution in [0.2, 0.25) is 5.04 Å². The van der Waals surface area contributed by atoms with Gasteiger partial charge in [0, 0.05) is 12.5 Å². The van der Waals surface area contributed by atoms with E-state index in [-0.39, 0.29) is 11.0 Å². The van der Waals surface area contributed by atoms with Crippen LogP contribution < -0.4 is 10.4 Å². The van der Waals surface area contributed by atoms with Gasteiger partial charge in [0.15, 0.2) is 0 Å². The van der Waals surface area contributed by atoms with Crippen LogP contribution in [-0.4, -0.2) is 14.9 Å². The second-order valence-corrected chi connectivity index (χ2v) is 12.5. The molecule has 28 heavy (non-hydrogen) atoms. The van der Waals surface area contributed by atoms with Crippen molar-refractivity contribution in [1.82, 2.24) is 0 Å². The average molecular weight is 387 g/mol. The highest BCUT2D eigenvalue weighted by Crippen LogP contribution is 2.37. The molecule has 0 saturated heterocycles. The van der Waals surface area contributed by atoms with Gasteiger partial charge >= 0.3 is 0 Å². The Morgan fingerprint density at radius 2 is 1.21 bits per heavy atom. The van der Waals surface area contributed by atoms with E-state index in [1.807, 2.05) is 12.1 Å². The molecule has 3 aromatic carbocycles. The van der Waals surface area contributed by atoms with Crippen LogP contribution in [0.15, 0.2) is 104 Å². The summed E-state index contributed by atoms with van der Waals surface area (Å²) in [7, 11) is -2.51. The van der Waals surface area contributed by atoms with Crippen LogP contribution in [0.4, 0.5) is 0 Å². The molecule has 0 heterocycles. The van der Waals surface area contributed by atoms with Crippen molar-refractivity contribution in [1.29, 1.82) is 0 Å². The minimum Gasteiger partial charge on any atom is -0.406 e. The lowest BCUT2D eigenvalue weighted by atomic mass is 10.0. The summed E-state index contributed by atoms with van der Waals surface area (Å²) in [6.45, 7) is 11.6. The van der Waals surface area contributed by atoms with E-state index in [0.717, 1.165) is 0 Å². The second kappa shape index (κ2) is 8.72. The molecule has 0 fully saturated rings. The lowest BCUT2D eigenvalue weighted by Gasteiger charge is -2.43. The fourth-order valence-electron chi connectivity index (χ4n) is 3.98. The molecule has 1 atom stereocenters. The maximum atomic E-state index is 7.04. The van der Waals surface area contributed by atoms with Gasteiger partial charge in [0.25, 0.3) is 8.32 Å². The van der Waals surface area contributed by atoms with E-state index in [9.17, 15) is 0 Å². The third-order valence-electron chi connectivity index (χ3n) is 5.41. The summed E-state index contributed by atoms with van der Waals surface area (Å²) in [5.74, 6) is 0.169. The lowest BCUT2D eigenvalue weighted by molar-refractivity contribution is 0.287. The third kappa shape index (κ3) is 4.03. The molecular weight excluding hydrogens is 356 g/mol. The Bertz CT molecular complexity index is 827. The summed E-state index contributed by atoms with van der Waals surface area (Å²) < 4.78 is 7.04. The van der Waals surface area contributed by atoms with Gasteiger partial charge in [0.05, 0.1) is 0 Å². The van der Waals surface area contributed by atoms with E-state index in [4.69, 9.17) is 4.43 Å². The van der Waals surface area contributed by atoms with Gasteiger partial charge in [-0.05, 0) is 21.0 Å². The van der Waals surface area contributed by atoms with E-state index >= 15 is 0 Å². The van der Waals surface area contributed by atoms with Crippen molar-refractivity contribution in [3.05, 3.63) is 109 Å². The molecule has 3 aromatic rings. The van der Waals surface area contributed by atoms with E-state index in [0.29, 0.717) is 6.61 Å². The zero-order valence-electron chi connectivity index (χ0n) is 17.1. The molecule has 144 valence electrons. The number of hydrogen-bond acceptors (Lipinski definition) is 1. The molecule has 0 aromatic heterocycles. The summed E-state index contributed by atoms with van der Waals surface area (Å²) in [5, 5.41) is 2.60. The summed E-state index contributed by atoms with van der Waals surface area (Å²) in [6.07, 6.45) is 2.01. The van der Waals surface area contributed by atoms with Gasteiger partial charge in [-0.15, -0.1) is 6.58 Å². The van der Waals surface area contributed by atoms with E-state index in [2.05, 4.69) is 112 Å². The monoisotopic (exact) mass is 386 g/mol. The topological polar surface area (TPSA) is 9.23 Å². The summed E-state index contributed by atoms with van der Waals surface area (Å²) in [4.78, 5) is 0. The van der Waals surface area contributed by atoms with Crippen LogP contribution in [0.25, 0.3) is 0 Å². The molecule has 0 aliphatic rings. The molecule has 0 radical (unpaired) electrons. The minimum absolute atomic E-state index is 0.0158. The normalized spacial score (nSPS) is 13.1. The highest BCUT2D eigenvalue weighted by molar-refractivity contribution is 6.99. The maximum absolute atomic E-state index is 7.04. The van der Waals surface area contributed by atoms with Crippen LogP contribution in [0, 0.1) is 0 Å². The molecule has 2 heteroatoms. The molecule has 0 aliphatic heterocycles. The van der Waals surface area contributed by atoms with Gasteiger partial charge in [-0.2, -0.15) is 0 Å². The molecule has 3 rings (SSSR count). The van der Waals surface area contributed by atoms with Gasteiger partial charge in [0.2, 0.25) is 0 Å². The fraction of sp³-hybridized carbons (Fsp3) is 0.231. The molecule has 0 N–H and O–H groups in total. The molecule has 0 amide bonds. The first-order valence-corrected chi connectivity index (χ1v) is 11.8. The van der Waals surface area contributed by atoms with E-state index in [1.165, 1.54) is 15.9 Å². The molecular formula is C26H30OSi. The minimum atomic E-state index is -2.51. The van der Waals surface area contributed by atoms with Crippen LogP contribution in [-0.2, 0) is 4.43 Å². The first kappa shape index (κ1) is 20.3. The highest BCUT2D eigenvalue weighted by atomic mass is 28.4. The first-order valence-electron chi connectivity index (χ1n) is 9.91. The van der Waals surface area contributed by atoms with E-state index < -0.39 is 8.32 Å². The third-order valence-corrected chi connectivity index (χ3v) is 10.4. The highest BCUT2D eigenvalue weighted by Gasteiger charge is 2.50. The summed E-state index contributed by atoms with van der Waals surface area (Å²) >= 11 is 0. The van der Waals surface area contributed by atoms with Crippen molar-refractivity contribution in [3.63, 3.8) is 0 Å². The van der Waals surface area contributed by atoms with Crippen LogP contribution in [0.3, 0.4) is 0 Å². The first-order chi connectivity index (χ1) is 13.5. The molecule has 0 saturated carbocycles. The summed E-state index contributed by atoms with van der Waals surface area (Å²) in [6, 6.07) is 32.1. The molecule has 0 spiro atoms. The predicted molar refractivity (Wildman–Crippen MR) is 123 cm³/mol. The van der Waals surface area contributed by atoms with Gasteiger partial charge in [0.1, 0.15) is 0 Å². The fourth-order valence-corrected chi connectivity index (χ4v) is 8.56. The van der Waals surface area contributed by atoms with Gasteiger partial charge < -0.3 is 4.43 Å². The van der Waals surface area contributed by atoms with Crippen molar-refractivity contribution in [2.24, 2.45) is 0 Å². The van der Waals surface area contributed by atoms with Crippen molar-refractivity contribution in [2.45, 2.75) is 31.7 Å². The Morgan fingerprint density at radius 3 is 1.61 bits per heavy atom. The Kier molecular flexibility index (Phi) is 6.33. The zero-order chi connectivity index (χ0) is 20.0. The standard InChI is InChI=1S/C26H30OSi/c1-5-22(23-15-9-6-10-16-23)21-27-28(26(2,3)4,24-17-11-7-12-18-24)25-19-13-8-14-20-25/h5-20,22H,1,21H2,2-4H3/t22-/m1/s1. The van der Waals surface area contributed by atoms with Gasteiger partial charge in [-0.3, -0.25) is 0 Å². The van der Waals surface area contributed by atoms with Crippen molar-refractivity contribution in [3.8, 4) is 0 Å². The molecule has 0 aliphatic carbocycles. The Morgan fingerprint density at radius 1 is 0.786 bits per heavy atom. The smallest absolute Gasteiger partial charge is 0.261 e. The Hall–Kier alpha value is -2.42. The number of benzene rings is 3. The van der Waals surface area contributed by atoms with Crippen LogP contribution >= 0.6 is 0 Å². The van der Waals surface area contributed by atoms with E-state index in [1.54, 1.807) is 0 Å². The molecule has 1 nitrogen and oxygen atoms in total. The average Bonchev–Trinajstić information content (AvgIpc) is 2.72. The molecule has 0 unspecified atom stereocenters. The Labute approximate surface area is 170 Å². The quantitative estimate of drug-likeness (QED) is 0.383. The molecule has 0 bridgehead atoms. The number of hydrogen-bond donors (Lipinski definition) is 0. The number of rotatable bonds is 7. The largest absolute Gasteiger partial charge is 0.406 e. The zero-order valence-corrected chi connectivity index (χ0v) is 18.1. The maximum Gasteiger partial charge on any atom is 0.261 e. The second-order valence-electron chi connectivity index (χ2n) is 8.23. The lowest BCUT2D eigenvalue weighted by Crippen LogP contribution is -2.66.